The molecular formula is C3H5NiO2-. The summed E-state index contributed by atoms with van der Waals surface area (Å²) in [5.74, 6) is -0.856. The molecule has 0 spiro atoms. The van der Waals surface area contributed by atoms with Crippen LogP contribution in [0.15, 0.2) is 0 Å². The molecule has 0 rings (SSSR count). The van der Waals surface area contributed by atoms with Gasteiger partial charge in [-0.25, -0.2) is 0 Å². The van der Waals surface area contributed by atoms with Gasteiger partial charge in [-0.2, -0.15) is 0 Å². The largest absolute Gasteiger partial charge is 0.483 e. The number of carbonyl (C=O) groups is 1. The van der Waals surface area contributed by atoms with Gasteiger partial charge >= 0.3 is 0 Å². The van der Waals surface area contributed by atoms with E-state index >= 15 is 0 Å². The number of hydrogen-bond acceptors (Lipinski definition) is 1. The Morgan fingerprint density at radius 3 is 2.00 bits per heavy atom. The summed E-state index contributed by atoms with van der Waals surface area (Å²) in [6.45, 7) is 3.09. The average molecular weight is 132 g/mol. The van der Waals surface area contributed by atoms with Crippen molar-refractivity contribution >= 4 is 5.97 Å². The fourth-order valence-electron chi connectivity index (χ4n) is 0. The van der Waals surface area contributed by atoms with Crippen LogP contribution in [0.5, 0.6) is 0 Å². The quantitative estimate of drug-likeness (QED) is 0.411. The van der Waals surface area contributed by atoms with Gasteiger partial charge in [-0.1, -0.05) is 6.42 Å². The smallest absolute Gasteiger partial charge is 0.272 e. The standard InChI is InChI=1S/C3H5O2.Ni/c1-2-3(4)5;/h1-2H2,(H,4,5);/q-1;. The molecule has 0 aliphatic heterocycles. The normalized spacial score (nSPS) is 6.17. The zero-order valence-electron chi connectivity index (χ0n) is 3.09. The molecule has 0 amide bonds. The Labute approximate surface area is 46.5 Å². The third kappa shape index (κ3) is 9.03. The monoisotopic (exact) mass is 131 g/mol. The van der Waals surface area contributed by atoms with Gasteiger partial charge in [-0.15, -0.1) is 0 Å². The van der Waals surface area contributed by atoms with Crippen molar-refractivity contribution < 1.29 is 26.4 Å². The number of hydrogen-bond donors (Lipinski definition) is 1. The van der Waals surface area contributed by atoms with E-state index < -0.39 is 5.97 Å². The molecule has 3 heteroatoms. The number of aliphatic carboxylic acids is 1. The van der Waals surface area contributed by atoms with Gasteiger partial charge in [-0.05, 0) is 0 Å². The van der Waals surface area contributed by atoms with Crippen LogP contribution in [-0.4, -0.2) is 11.1 Å². The van der Waals surface area contributed by atoms with Crippen LogP contribution in [0.4, 0.5) is 0 Å². The van der Waals surface area contributed by atoms with Crippen molar-refractivity contribution in [3.05, 3.63) is 6.92 Å². The molecule has 0 aromatic heterocycles. The van der Waals surface area contributed by atoms with Crippen LogP contribution in [0.3, 0.4) is 0 Å². The average Bonchev–Trinajstić information content (AvgIpc) is 1.38. The summed E-state index contributed by atoms with van der Waals surface area (Å²) in [5, 5.41) is 7.66. The molecule has 0 heterocycles. The summed E-state index contributed by atoms with van der Waals surface area (Å²) in [7, 11) is 0. The SMILES string of the molecule is [CH2-]CC(=O)O.[Ni]. The molecule has 0 aliphatic rings. The second kappa shape index (κ2) is 4.96. The molecule has 1 N–H and O–H groups in total. The molecule has 2 nitrogen and oxygen atoms in total. The van der Waals surface area contributed by atoms with Gasteiger partial charge in [0.05, 0.1) is 0 Å². The van der Waals surface area contributed by atoms with Crippen LogP contribution in [0.25, 0.3) is 0 Å². The van der Waals surface area contributed by atoms with Crippen molar-refractivity contribution in [1.29, 1.82) is 0 Å². The summed E-state index contributed by atoms with van der Waals surface area (Å²) < 4.78 is 0. The topological polar surface area (TPSA) is 37.3 Å². The van der Waals surface area contributed by atoms with E-state index in [0.717, 1.165) is 0 Å². The summed E-state index contributed by atoms with van der Waals surface area (Å²) in [6.07, 6.45) is -0.0278. The van der Waals surface area contributed by atoms with E-state index in [0.29, 0.717) is 0 Å². The van der Waals surface area contributed by atoms with Crippen LogP contribution in [0.1, 0.15) is 6.42 Å². The molecule has 0 saturated carbocycles. The maximum Gasteiger partial charge on any atom is 0.272 e. The van der Waals surface area contributed by atoms with E-state index in [4.69, 9.17) is 5.11 Å². The van der Waals surface area contributed by atoms with E-state index in [2.05, 4.69) is 6.92 Å². The van der Waals surface area contributed by atoms with E-state index in [1.165, 1.54) is 0 Å². The second-order valence-corrected chi connectivity index (χ2v) is 0.644. The molecule has 40 valence electrons. The van der Waals surface area contributed by atoms with E-state index in [1.54, 1.807) is 0 Å². The van der Waals surface area contributed by atoms with Gasteiger partial charge in [0.25, 0.3) is 5.97 Å². The van der Waals surface area contributed by atoms with Crippen LogP contribution in [-0.2, 0) is 21.3 Å². The number of carboxylic acid groups (broad SMARTS) is 1. The van der Waals surface area contributed by atoms with Crippen molar-refractivity contribution in [3.63, 3.8) is 0 Å². The first kappa shape index (κ1) is 9.35. The first-order valence-corrected chi connectivity index (χ1v) is 1.28. The molecule has 0 bridgehead atoms. The Morgan fingerprint density at radius 1 is 1.83 bits per heavy atom. The van der Waals surface area contributed by atoms with Gasteiger partial charge in [0.2, 0.25) is 0 Å². The third-order valence-electron chi connectivity index (χ3n) is 0.214. The minimum atomic E-state index is -0.856. The van der Waals surface area contributed by atoms with Crippen molar-refractivity contribution in [3.8, 4) is 0 Å². The summed E-state index contributed by atoms with van der Waals surface area (Å²) >= 11 is 0. The predicted molar refractivity (Wildman–Crippen MR) is 17.6 cm³/mol. The predicted octanol–water partition coefficient (Wildman–Crippen LogP) is 0.293. The molecule has 0 aromatic rings. The molecule has 0 atom stereocenters. The molecule has 0 fully saturated rings. The minimum Gasteiger partial charge on any atom is -0.483 e. The van der Waals surface area contributed by atoms with Gasteiger partial charge in [-0.3, -0.25) is 4.79 Å². The number of carboxylic acids is 1. The molecular weight excluding hydrogens is 127 g/mol. The molecule has 0 radical (unpaired) electrons. The van der Waals surface area contributed by atoms with Crippen molar-refractivity contribution in [1.82, 2.24) is 0 Å². The summed E-state index contributed by atoms with van der Waals surface area (Å²) in [4.78, 5) is 9.31. The van der Waals surface area contributed by atoms with Gasteiger partial charge in [0, 0.05) is 16.5 Å². The molecule has 6 heavy (non-hydrogen) atoms. The Hall–Kier alpha value is -0.0365. The van der Waals surface area contributed by atoms with Crippen molar-refractivity contribution in [2.24, 2.45) is 0 Å². The number of rotatable bonds is 1. The van der Waals surface area contributed by atoms with Gasteiger partial charge < -0.3 is 12.0 Å². The summed E-state index contributed by atoms with van der Waals surface area (Å²) in [6, 6.07) is 0. The van der Waals surface area contributed by atoms with Crippen molar-refractivity contribution in [2.75, 3.05) is 0 Å². The fourth-order valence-corrected chi connectivity index (χ4v) is 0. The molecule has 0 saturated heterocycles. The van der Waals surface area contributed by atoms with E-state index in [-0.39, 0.29) is 22.9 Å². The van der Waals surface area contributed by atoms with E-state index in [9.17, 15) is 4.79 Å². The van der Waals surface area contributed by atoms with Gasteiger partial charge in [0.15, 0.2) is 0 Å². The molecule has 0 aromatic carbocycles. The third-order valence-corrected chi connectivity index (χ3v) is 0.214. The van der Waals surface area contributed by atoms with Crippen LogP contribution in [0, 0.1) is 6.92 Å². The Bertz CT molecular complexity index is 44.1. The maximum atomic E-state index is 9.31. The van der Waals surface area contributed by atoms with Crippen LogP contribution in [0.2, 0.25) is 0 Å². The zero-order chi connectivity index (χ0) is 4.28. The zero-order valence-corrected chi connectivity index (χ0v) is 4.07. The molecule has 0 unspecified atom stereocenters. The van der Waals surface area contributed by atoms with Gasteiger partial charge in [0.1, 0.15) is 0 Å². The maximum absolute atomic E-state index is 9.31. The summed E-state index contributed by atoms with van der Waals surface area (Å²) in [5.41, 5.74) is 0. The Kier molecular flexibility index (Phi) is 7.74. The minimum absolute atomic E-state index is 0. The van der Waals surface area contributed by atoms with E-state index in [1.807, 2.05) is 0 Å². The Balaban J connectivity index is 0. The van der Waals surface area contributed by atoms with Crippen molar-refractivity contribution in [2.45, 2.75) is 6.42 Å². The van der Waals surface area contributed by atoms with Crippen LogP contribution < -0.4 is 0 Å². The Morgan fingerprint density at radius 2 is 2.00 bits per heavy atom. The first-order chi connectivity index (χ1) is 2.27. The fraction of sp³-hybridized carbons (Fsp3) is 0.333. The molecule has 0 aliphatic carbocycles. The first-order valence-electron chi connectivity index (χ1n) is 1.28. The second-order valence-electron chi connectivity index (χ2n) is 0.644. The van der Waals surface area contributed by atoms with Crippen LogP contribution >= 0.6 is 0 Å².